The van der Waals surface area contributed by atoms with Gasteiger partial charge in [-0.25, -0.2) is 0 Å². The lowest BCUT2D eigenvalue weighted by Crippen LogP contribution is -2.55. The zero-order chi connectivity index (χ0) is 17.5. The van der Waals surface area contributed by atoms with Crippen molar-refractivity contribution >= 4 is 11.9 Å². The molecule has 138 valence electrons. The van der Waals surface area contributed by atoms with E-state index in [9.17, 15) is 9.59 Å². The first-order valence-electron chi connectivity index (χ1n) is 9.79. The van der Waals surface area contributed by atoms with Gasteiger partial charge in [0.05, 0.1) is 6.54 Å². The van der Waals surface area contributed by atoms with Crippen molar-refractivity contribution in [3.8, 4) is 0 Å². The molecule has 0 aromatic rings. The summed E-state index contributed by atoms with van der Waals surface area (Å²) < 4.78 is 0. The molecule has 0 heterocycles. The lowest BCUT2D eigenvalue weighted by Gasteiger charge is -2.42. The SMILES string of the molecule is CCC(CC1CCCCC1)C(=O)NC1CC(N(CC)CC(=O)O)C1. The van der Waals surface area contributed by atoms with E-state index in [0.29, 0.717) is 6.04 Å². The van der Waals surface area contributed by atoms with E-state index in [-0.39, 0.29) is 24.4 Å². The molecule has 5 heteroatoms. The van der Waals surface area contributed by atoms with Gasteiger partial charge in [0.25, 0.3) is 0 Å². The van der Waals surface area contributed by atoms with Gasteiger partial charge >= 0.3 is 5.97 Å². The molecule has 0 aromatic carbocycles. The van der Waals surface area contributed by atoms with E-state index in [0.717, 1.165) is 38.1 Å². The van der Waals surface area contributed by atoms with Crippen LogP contribution in [0.5, 0.6) is 0 Å². The standard InChI is InChI=1S/C19H34N2O3/c1-3-15(10-14-8-6-5-7-9-14)19(24)20-16-11-17(12-16)21(4-2)13-18(22)23/h14-17H,3-13H2,1-2H3,(H,20,24)(H,22,23). The van der Waals surface area contributed by atoms with Crippen LogP contribution in [0.15, 0.2) is 0 Å². The Kier molecular flexibility index (Phi) is 7.53. The zero-order valence-electron chi connectivity index (χ0n) is 15.3. The van der Waals surface area contributed by atoms with Crippen molar-refractivity contribution in [1.29, 1.82) is 0 Å². The molecule has 2 N–H and O–H groups in total. The second-order valence-electron chi connectivity index (χ2n) is 7.63. The fourth-order valence-corrected chi connectivity index (χ4v) is 4.28. The Morgan fingerprint density at radius 3 is 2.38 bits per heavy atom. The molecule has 1 unspecified atom stereocenters. The number of nitrogens with one attached hydrogen (secondary N) is 1. The number of hydrogen-bond acceptors (Lipinski definition) is 3. The first-order valence-corrected chi connectivity index (χ1v) is 9.79. The van der Waals surface area contributed by atoms with Crippen LogP contribution >= 0.6 is 0 Å². The minimum atomic E-state index is -0.775. The van der Waals surface area contributed by atoms with E-state index in [1.54, 1.807) is 0 Å². The van der Waals surface area contributed by atoms with Gasteiger partial charge in [0.15, 0.2) is 0 Å². The van der Waals surface area contributed by atoms with Crippen LogP contribution in [0.3, 0.4) is 0 Å². The van der Waals surface area contributed by atoms with Crippen LogP contribution in [-0.4, -0.2) is 47.1 Å². The summed E-state index contributed by atoms with van der Waals surface area (Å²) in [5.74, 6) is 0.318. The largest absolute Gasteiger partial charge is 0.480 e. The van der Waals surface area contributed by atoms with Crippen LogP contribution in [0.4, 0.5) is 0 Å². The first-order chi connectivity index (χ1) is 11.5. The molecule has 2 saturated carbocycles. The van der Waals surface area contributed by atoms with Crippen molar-refractivity contribution in [3.05, 3.63) is 0 Å². The minimum Gasteiger partial charge on any atom is -0.480 e. The van der Waals surface area contributed by atoms with Gasteiger partial charge in [-0.3, -0.25) is 14.5 Å². The Hall–Kier alpha value is -1.10. The Morgan fingerprint density at radius 2 is 1.83 bits per heavy atom. The average Bonchev–Trinajstić information content (AvgIpc) is 2.54. The van der Waals surface area contributed by atoms with Gasteiger partial charge in [-0.2, -0.15) is 0 Å². The lowest BCUT2D eigenvalue weighted by atomic mass is 9.81. The third kappa shape index (κ3) is 5.47. The maximum absolute atomic E-state index is 12.6. The smallest absolute Gasteiger partial charge is 0.317 e. The fraction of sp³-hybridized carbons (Fsp3) is 0.895. The summed E-state index contributed by atoms with van der Waals surface area (Å²) in [7, 11) is 0. The number of carbonyl (C=O) groups is 2. The Morgan fingerprint density at radius 1 is 1.17 bits per heavy atom. The highest BCUT2D eigenvalue weighted by Gasteiger charge is 2.35. The highest BCUT2D eigenvalue weighted by Crippen LogP contribution is 2.31. The Balaban J connectivity index is 1.72. The number of nitrogens with zero attached hydrogens (tertiary/aromatic N) is 1. The van der Waals surface area contributed by atoms with E-state index >= 15 is 0 Å². The van der Waals surface area contributed by atoms with Gasteiger partial charge in [0, 0.05) is 18.0 Å². The molecular formula is C19H34N2O3. The van der Waals surface area contributed by atoms with Crippen molar-refractivity contribution in [3.63, 3.8) is 0 Å². The summed E-state index contributed by atoms with van der Waals surface area (Å²) in [5, 5.41) is 12.2. The molecule has 0 saturated heterocycles. The molecule has 2 aliphatic carbocycles. The van der Waals surface area contributed by atoms with Crippen LogP contribution in [0.2, 0.25) is 0 Å². The molecule has 5 nitrogen and oxygen atoms in total. The van der Waals surface area contributed by atoms with Crippen LogP contribution in [0.25, 0.3) is 0 Å². The summed E-state index contributed by atoms with van der Waals surface area (Å²) in [5.41, 5.74) is 0. The second kappa shape index (κ2) is 9.40. The quantitative estimate of drug-likeness (QED) is 0.678. The summed E-state index contributed by atoms with van der Waals surface area (Å²) in [6.07, 6.45) is 10.3. The molecular weight excluding hydrogens is 304 g/mol. The number of amides is 1. The molecule has 0 aromatic heterocycles. The number of rotatable bonds is 9. The fourth-order valence-electron chi connectivity index (χ4n) is 4.28. The average molecular weight is 338 g/mol. The number of carbonyl (C=O) groups excluding carboxylic acids is 1. The molecule has 1 amide bonds. The molecule has 1 atom stereocenters. The van der Waals surface area contributed by atoms with E-state index in [2.05, 4.69) is 12.2 Å². The summed E-state index contributed by atoms with van der Waals surface area (Å²) in [6, 6.07) is 0.528. The van der Waals surface area contributed by atoms with Crippen molar-refractivity contribution in [2.75, 3.05) is 13.1 Å². The van der Waals surface area contributed by atoms with Crippen LogP contribution < -0.4 is 5.32 Å². The Bertz CT molecular complexity index is 415. The third-order valence-electron chi connectivity index (χ3n) is 5.93. The molecule has 0 bridgehead atoms. The molecule has 2 rings (SSSR count). The molecule has 2 fully saturated rings. The third-order valence-corrected chi connectivity index (χ3v) is 5.93. The number of carboxylic acids is 1. The maximum atomic E-state index is 12.6. The summed E-state index contributed by atoms with van der Waals surface area (Å²) in [4.78, 5) is 25.4. The van der Waals surface area contributed by atoms with E-state index < -0.39 is 5.97 Å². The Labute approximate surface area is 146 Å². The molecule has 24 heavy (non-hydrogen) atoms. The number of likely N-dealkylation sites (N-methyl/N-ethyl adjacent to an activating group) is 1. The topological polar surface area (TPSA) is 69.6 Å². The van der Waals surface area contributed by atoms with Crippen molar-refractivity contribution in [1.82, 2.24) is 10.2 Å². The molecule has 0 aliphatic heterocycles. The van der Waals surface area contributed by atoms with Gasteiger partial charge in [-0.05, 0) is 38.1 Å². The van der Waals surface area contributed by atoms with Crippen molar-refractivity contribution in [2.45, 2.75) is 83.7 Å². The van der Waals surface area contributed by atoms with Crippen LogP contribution in [0, 0.1) is 11.8 Å². The molecule has 0 spiro atoms. The number of carboxylic acid groups (broad SMARTS) is 1. The summed E-state index contributed by atoms with van der Waals surface area (Å²) in [6.45, 7) is 4.95. The van der Waals surface area contributed by atoms with Gasteiger partial charge in [0.2, 0.25) is 5.91 Å². The highest BCUT2D eigenvalue weighted by molar-refractivity contribution is 5.79. The van der Waals surface area contributed by atoms with E-state index in [1.807, 2.05) is 11.8 Å². The van der Waals surface area contributed by atoms with Crippen LogP contribution in [0.1, 0.15) is 71.6 Å². The van der Waals surface area contributed by atoms with E-state index in [4.69, 9.17) is 5.11 Å². The van der Waals surface area contributed by atoms with Crippen molar-refractivity contribution in [2.24, 2.45) is 11.8 Å². The molecule has 0 radical (unpaired) electrons. The minimum absolute atomic E-state index is 0.0983. The van der Waals surface area contributed by atoms with E-state index in [1.165, 1.54) is 32.1 Å². The van der Waals surface area contributed by atoms with Gasteiger partial charge in [-0.1, -0.05) is 46.0 Å². The normalized spacial score (nSPS) is 26.0. The number of aliphatic carboxylic acids is 1. The predicted octanol–water partition coefficient (Wildman–Crippen LogP) is 3.04. The van der Waals surface area contributed by atoms with Gasteiger partial charge in [0.1, 0.15) is 0 Å². The molecule has 2 aliphatic rings. The second-order valence-corrected chi connectivity index (χ2v) is 7.63. The van der Waals surface area contributed by atoms with Gasteiger partial charge in [-0.15, -0.1) is 0 Å². The maximum Gasteiger partial charge on any atom is 0.317 e. The van der Waals surface area contributed by atoms with Crippen molar-refractivity contribution < 1.29 is 14.7 Å². The predicted molar refractivity (Wildman–Crippen MR) is 94.8 cm³/mol. The highest BCUT2D eigenvalue weighted by atomic mass is 16.4. The number of hydrogen-bond donors (Lipinski definition) is 2. The summed E-state index contributed by atoms with van der Waals surface area (Å²) >= 11 is 0. The van der Waals surface area contributed by atoms with Gasteiger partial charge < -0.3 is 10.4 Å². The zero-order valence-corrected chi connectivity index (χ0v) is 15.3. The first kappa shape index (κ1) is 19.2. The lowest BCUT2D eigenvalue weighted by molar-refractivity contribution is -0.140. The monoisotopic (exact) mass is 338 g/mol. The van der Waals surface area contributed by atoms with Crippen LogP contribution in [-0.2, 0) is 9.59 Å².